The molecule has 0 saturated carbocycles. The van der Waals surface area contributed by atoms with Gasteiger partial charge in [-0.2, -0.15) is 0 Å². The van der Waals surface area contributed by atoms with Crippen LogP contribution in [0.2, 0.25) is 0 Å². The van der Waals surface area contributed by atoms with Crippen LogP contribution < -0.4 is 20.7 Å². The van der Waals surface area contributed by atoms with Gasteiger partial charge in [0.05, 0.1) is 12.1 Å². The number of nitrogens with one attached hydrogen (secondary N) is 3. The predicted octanol–water partition coefficient (Wildman–Crippen LogP) is 3.49. The summed E-state index contributed by atoms with van der Waals surface area (Å²) in [7, 11) is 0. The molecule has 0 radical (unpaired) electrons. The predicted molar refractivity (Wildman–Crippen MR) is 130 cm³/mol. The van der Waals surface area contributed by atoms with E-state index in [2.05, 4.69) is 38.5 Å². The number of carbonyl (C=O) groups excluding carboxylic acids is 3. The van der Waals surface area contributed by atoms with Crippen LogP contribution in [-0.4, -0.2) is 30.9 Å². The summed E-state index contributed by atoms with van der Waals surface area (Å²) in [5.41, 5.74) is 1.57. The molecule has 0 aliphatic heterocycles. The number of rotatable bonds is 9. The van der Waals surface area contributed by atoms with E-state index in [0.717, 1.165) is 9.13 Å². The molecule has 0 unspecified atom stereocenters. The third-order valence-electron chi connectivity index (χ3n) is 4.43. The Kier molecular flexibility index (Phi) is 8.76. The monoisotopic (exact) mass is 561 g/mol. The second-order valence-corrected chi connectivity index (χ2v) is 8.17. The molecule has 3 rings (SSSR count). The molecule has 0 fully saturated rings. The van der Waals surface area contributed by atoms with E-state index in [1.807, 2.05) is 12.1 Å². The van der Waals surface area contributed by atoms with Crippen LogP contribution in [0.15, 0.2) is 72.8 Å². The van der Waals surface area contributed by atoms with E-state index in [-0.39, 0.29) is 42.7 Å². The molecule has 0 saturated heterocycles. The van der Waals surface area contributed by atoms with Crippen LogP contribution in [0, 0.1) is 9.39 Å². The minimum absolute atomic E-state index is 0.200. The van der Waals surface area contributed by atoms with Gasteiger partial charge >= 0.3 is 0 Å². The van der Waals surface area contributed by atoms with Crippen molar-refractivity contribution in [3.8, 4) is 5.75 Å². The molecule has 0 aliphatic rings. The van der Waals surface area contributed by atoms with Crippen LogP contribution in [0.1, 0.15) is 15.9 Å². The molecule has 170 valence electrons. The Hall–Kier alpha value is -3.47. The second-order valence-electron chi connectivity index (χ2n) is 6.93. The summed E-state index contributed by atoms with van der Waals surface area (Å²) in [4.78, 5) is 36.7. The Bertz CT molecular complexity index is 1120. The molecule has 0 aliphatic carbocycles. The highest BCUT2D eigenvalue weighted by Crippen LogP contribution is 2.18. The maximum absolute atomic E-state index is 12.9. The molecule has 0 heterocycles. The summed E-state index contributed by atoms with van der Waals surface area (Å²) in [6.45, 7) is -0.319. The fourth-order valence-corrected chi connectivity index (χ4v) is 3.13. The van der Waals surface area contributed by atoms with Crippen LogP contribution >= 0.6 is 22.6 Å². The third kappa shape index (κ3) is 7.86. The molecule has 0 bridgehead atoms. The highest BCUT2D eigenvalue weighted by molar-refractivity contribution is 14.1. The first-order valence-corrected chi connectivity index (χ1v) is 11.0. The first-order valence-electron chi connectivity index (χ1n) is 9.97. The number of hydrogen-bond acceptors (Lipinski definition) is 4. The van der Waals surface area contributed by atoms with Crippen molar-refractivity contribution in [3.63, 3.8) is 0 Å². The van der Waals surface area contributed by atoms with Crippen LogP contribution in [0.3, 0.4) is 0 Å². The molecule has 3 amide bonds. The summed E-state index contributed by atoms with van der Waals surface area (Å²) in [5, 5.41) is 7.89. The molecular weight excluding hydrogens is 540 g/mol. The molecular formula is C24H21FIN3O4. The Balaban J connectivity index is 1.48. The third-order valence-corrected chi connectivity index (χ3v) is 5.15. The summed E-state index contributed by atoms with van der Waals surface area (Å²) in [6, 6.07) is 19.5. The van der Waals surface area contributed by atoms with Crippen LogP contribution in [-0.2, 0) is 16.1 Å². The minimum atomic E-state index is -0.513. The smallest absolute Gasteiger partial charge is 0.262 e. The standard InChI is InChI=1S/C24H21FIN3O4/c25-17-7-5-16(6-8-17)13-27-22(30)14-28-24(32)20-3-1-2-4-21(20)33-15-23(31)29-19-11-9-18(26)10-12-19/h1-12H,13-15H2,(H,27,30)(H,28,32)(H,29,31). The van der Waals surface area contributed by atoms with Gasteiger partial charge in [0, 0.05) is 15.8 Å². The summed E-state index contributed by atoms with van der Waals surface area (Å²) in [5.74, 6) is -1.42. The first-order chi connectivity index (χ1) is 15.9. The van der Waals surface area contributed by atoms with Crippen LogP contribution in [0.5, 0.6) is 5.75 Å². The van der Waals surface area contributed by atoms with Gasteiger partial charge in [0.1, 0.15) is 11.6 Å². The lowest BCUT2D eigenvalue weighted by molar-refractivity contribution is -0.120. The maximum atomic E-state index is 12.9. The molecule has 3 aromatic carbocycles. The average molecular weight is 561 g/mol. The summed E-state index contributed by atoms with van der Waals surface area (Å²) >= 11 is 2.17. The topological polar surface area (TPSA) is 96.5 Å². The number of ether oxygens (including phenoxy) is 1. The maximum Gasteiger partial charge on any atom is 0.262 e. The Morgan fingerprint density at radius 1 is 0.848 bits per heavy atom. The molecule has 9 heteroatoms. The van der Waals surface area contributed by atoms with Crippen molar-refractivity contribution in [3.05, 3.63) is 93.3 Å². The zero-order valence-electron chi connectivity index (χ0n) is 17.4. The lowest BCUT2D eigenvalue weighted by atomic mass is 10.2. The Labute approximate surface area is 203 Å². The number of halogens is 2. The minimum Gasteiger partial charge on any atom is -0.483 e. The van der Waals surface area contributed by atoms with Crippen molar-refractivity contribution < 1.29 is 23.5 Å². The highest BCUT2D eigenvalue weighted by atomic mass is 127. The van der Waals surface area contributed by atoms with Crippen molar-refractivity contribution in [1.29, 1.82) is 0 Å². The van der Waals surface area contributed by atoms with Crippen molar-refractivity contribution >= 4 is 46.0 Å². The molecule has 0 atom stereocenters. The number of hydrogen-bond donors (Lipinski definition) is 3. The van der Waals surface area contributed by atoms with Gasteiger partial charge in [0.15, 0.2) is 6.61 Å². The molecule has 0 aromatic heterocycles. The Morgan fingerprint density at radius 2 is 1.55 bits per heavy atom. The summed E-state index contributed by atoms with van der Waals surface area (Å²) < 4.78 is 19.5. The van der Waals surface area contributed by atoms with Crippen molar-refractivity contribution in [1.82, 2.24) is 10.6 Å². The van der Waals surface area contributed by atoms with Gasteiger partial charge in [0.25, 0.3) is 11.8 Å². The number of amides is 3. The van der Waals surface area contributed by atoms with E-state index in [1.165, 1.54) is 18.2 Å². The first kappa shape index (κ1) is 24.2. The van der Waals surface area contributed by atoms with Gasteiger partial charge in [-0.25, -0.2) is 4.39 Å². The van der Waals surface area contributed by atoms with Gasteiger partial charge in [-0.1, -0.05) is 24.3 Å². The van der Waals surface area contributed by atoms with E-state index in [9.17, 15) is 18.8 Å². The largest absolute Gasteiger partial charge is 0.483 e. The van der Waals surface area contributed by atoms with Crippen LogP contribution in [0.4, 0.5) is 10.1 Å². The Morgan fingerprint density at radius 3 is 2.27 bits per heavy atom. The van der Waals surface area contributed by atoms with Gasteiger partial charge in [-0.15, -0.1) is 0 Å². The zero-order valence-corrected chi connectivity index (χ0v) is 19.6. The highest BCUT2D eigenvalue weighted by Gasteiger charge is 2.14. The van der Waals surface area contributed by atoms with Crippen molar-refractivity contribution in [2.24, 2.45) is 0 Å². The average Bonchev–Trinajstić information content (AvgIpc) is 2.82. The fraction of sp³-hybridized carbons (Fsp3) is 0.125. The number of benzene rings is 3. The van der Waals surface area contributed by atoms with Crippen LogP contribution in [0.25, 0.3) is 0 Å². The lowest BCUT2D eigenvalue weighted by Crippen LogP contribution is -2.36. The van der Waals surface area contributed by atoms with E-state index in [4.69, 9.17) is 4.74 Å². The zero-order chi connectivity index (χ0) is 23.6. The van der Waals surface area contributed by atoms with Gasteiger partial charge in [0.2, 0.25) is 5.91 Å². The van der Waals surface area contributed by atoms with Gasteiger partial charge in [-0.3, -0.25) is 14.4 Å². The number of carbonyl (C=O) groups is 3. The summed E-state index contributed by atoms with van der Waals surface area (Å²) in [6.07, 6.45) is 0. The van der Waals surface area contributed by atoms with Gasteiger partial charge in [-0.05, 0) is 76.7 Å². The van der Waals surface area contributed by atoms with Crippen molar-refractivity contribution in [2.75, 3.05) is 18.5 Å². The van der Waals surface area contributed by atoms with E-state index < -0.39 is 11.8 Å². The van der Waals surface area contributed by atoms with E-state index >= 15 is 0 Å². The number of anilines is 1. The molecule has 3 aromatic rings. The second kappa shape index (κ2) is 12.0. The molecule has 0 spiro atoms. The SMILES string of the molecule is O=C(CNC(=O)c1ccccc1OCC(=O)Nc1ccc(I)cc1)NCc1ccc(F)cc1. The van der Waals surface area contributed by atoms with Crippen molar-refractivity contribution in [2.45, 2.75) is 6.54 Å². The number of para-hydroxylation sites is 1. The van der Waals surface area contributed by atoms with Gasteiger partial charge < -0.3 is 20.7 Å². The quantitative estimate of drug-likeness (QED) is 0.349. The lowest BCUT2D eigenvalue weighted by Gasteiger charge is -2.12. The molecule has 7 nitrogen and oxygen atoms in total. The molecule has 33 heavy (non-hydrogen) atoms. The fourth-order valence-electron chi connectivity index (χ4n) is 2.77. The normalized spacial score (nSPS) is 10.2. The van der Waals surface area contributed by atoms with E-state index in [0.29, 0.717) is 5.69 Å². The van der Waals surface area contributed by atoms with E-state index in [1.54, 1.807) is 42.5 Å². The molecule has 3 N–H and O–H groups in total.